The number of thiophene rings is 1. The Labute approximate surface area is 132 Å². The number of aryl methyl sites for hydroxylation is 2. The van der Waals surface area contributed by atoms with Gasteiger partial charge < -0.3 is 5.32 Å². The highest BCUT2D eigenvalue weighted by Gasteiger charge is 2.08. The summed E-state index contributed by atoms with van der Waals surface area (Å²) in [7, 11) is 0. The van der Waals surface area contributed by atoms with Crippen molar-refractivity contribution in [3.63, 3.8) is 0 Å². The fourth-order valence-electron chi connectivity index (χ4n) is 1.80. The van der Waals surface area contributed by atoms with Crippen LogP contribution in [0, 0.1) is 6.92 Å². The predicted molar refractivity (Wildman–Crippen MR) is 85.0 cm³/mol. The van der Waals surface area contributed by atoms with Crippen LogP contribution < -0.4 is 10.6 Å². The molecule has 0 bridgehead atoms. The van der Waals surface area contributed by atoms with Crippen LogP contribution in [0.4, 0.5) is 11.9 Å². The third-order valence-electron chi connectivity index (χ3n) is 2.76. The van der Waals surface area contributed by atoms with Crippen molar-refractivity contribution in [2.45, 2.75) is 32.7 Å². The van der Waals surface area contributed by atoms with Gasteiger partial charge in [-0.15, -0.1) is 11.3 Å². The summed E-state index contributed by atoms with van der Waals surface area (Å²) in [6.45, 7) is 3.81. The second kappa shape index (κ2) is 7.33. The molecule has 0 saturated carbocycles. The van der Waals surface area contributed by atoms with Crippen LogP contribution >= 0.6 is 22.9 Å². The Morgan fingerprint density at radius 1 is 1.38 bits per heavy atom. The van der Waals surface area contributed by atoms with Crippen molar-refractivity contribution in [2.24, 2.45) is 0 Å². The molecule has 2 heterocycles. The monoisotopic (exact) mass is 325 g/mol. The number of aromatic nitrogens is 3. The minimum Gasteiger partial charge on any atom is -0.352 e. The molecule has 1 amide bonds. The van der Waals surface area contributed by atoms with Crippen molar-refractivity contribution in [3.05, 3.63) is 27.2 Å². The van der Waals surface area contributed by atoms with Crippen molar-refractivity contribution in [2.75, 3.05) is 10.6 Å². The van der Waals surface area contributed by atoms with E-state index in [-0.39, 0.29) is 12.0 Å². The molecule has 0 radical (unpaired) electrons. The molecule has 8 heteroatoms. The lowest BCUT2D eigenvalue weighted by atomic mass is 10.1. The zero-order valence-corrected chi connectivity index (χ0v) is 13.3. The summed E-state index contributed by atoms with van der Waals surface area (Å²) in [5.41, 5.74) is 0. The predicted octanol–water partition coefficient (Wildman–Crippen LogP) is 2.90. The summed E-state index contributed by atoms with van der Waals surface area (Å²) in [5.74, 6) is 1.26. The molecular formula is C13H16ClN5OS. The molecule has 0 aromatic carbocycles. The number of hydrogen-bond donors (Lipinski definition) is 2. The van der Waals surface area contributed by atoms with E-state index in [1.807, 2.05) is 11.4 Å². The normalized spacial score (nSPS) is 12.0. The zero-order chi connectivity index (χ0) is 15.2. The lowest BCUT2D eigenvalue weighted by molar-refractivity contribution is -0.105. The summed E-state index contributed by atoms with van der Waals surface area (Å²) in [6.07, 6.45) is 2.41. The largest absolute Gasteiger partial charge is 0.352 e. The Morgan fingerprint density at radius 3 is 2.81 bits per heavy atom. The summed E-state index contributed by atoms with van der Waals surface area (Å²) >= 11 is 7.56. The van der Waals surface area contributed by atoms with Gasteiger partial charge in [0, 0.05) is 16.3 Å². The number of anilines is 2. The standard InChI is InChI=1S/C13H16ClN5OS/c1-8(3-4-11-5-10(14)6-21-11)16-13-18-9(2)17-12(19-13)15-7-20/h5-8H,3-4H2,1-2H3,(H2,15,16,17,18,19,20). The Kier molecular flexibility index (Phi) is 5.46. The van der Waals surface area contributed by atoms with Crippen LogP contribution in [0.15, 0.2) is 11.4 Å². The fraction of sp³-hybridized carbons (Fsp3) is 0.385. The summed E-state index contributed by atoms with van der Waals surface area (Å²) in [6, 6.07) is 2.18. The van der Waals surface area contributed by atoms with E-state index in [4.69, 9.17) is 11.6 Å². The molecule has 2 aromatic rings. The Balaban J connectivity index is 1.92. The van der Waals surface area contributed by atoms with Gasteiger partial charge in [0.25, 0.3) is 0 Å². The molecule has 1 atom stereocenters. The third-order valence-corrected chi connectivity index (χ3v) is 4.10. The van der Waals surface area contributed by atoms with E-state index < -0.39 is 0 Å². The van der Waals surface area contributed by atoms with E-state index in [1.54, 1.807) is 18.3 Å². The number of nitrogens with zero attached hydrogens (tertiary/aromatic N) is 3. The molecule has 6 nitrogen and oxygen atoms in total. The number of carbonyl (C=O) groups excluding carboxylic acids is 1. The quantitative estimate of drug-likeness (QED) is 0.765. The minimum absolute atomic E-state index is 0.191. The number of halogens is 1. The van der Waals surface area contributed by atoms with Gasteiger partial charge in [0.1, 0.15) is 5.82 Å². The highest BCUT2D eigenvalue weighted by Crippen LogP contribution is 2.21. The van der Waals surface area contributed by atoms with Gasteiger partial charge in [-0.25, -0.2) is 0 Å². The molecule has 2 N–H and O–H groups in total. The highest BCUT2D eigenvalue weighted by molar-refractivity contribution is 7.10. The first kappa shape index (κ1) is 15.7. The first-order valence-electron chi connectivity index (χ1n) is 6.49. The lowest BCUT2D eigenvalue weighted by Gasteiger charge is -2.13. The van der Waals surface area contributed by atoms with Gasteiger partial charge >= 0.3 is 0 Å². The average Bonchev–Trinajstić information content (AvgIpc) is 2.82. The second-order valence-corrected chi connectivity index (χ2v) is 6.04. The van der Waals surface area contributed by atoms with Crippen molar-refractivity contribution in [1.82, 2.24) is 15.0 Å². The summed E-state index contributed by atoms with van der Waals surface area (Å²) in [4.78, 5) is 24.0. The molecule has 0 aliphatic carbocycles. The highest BCUT2D eigenvalue weighted by atomic mass is 35.5. The summed E-state index contributed by atoms with van der Waals surface area (Å²) < 4.78 is 0. The summed E-state index contributed by atoms with van der Waals surface area (Å²) in [5, 5.41) is 8.36. The number of hydrogen-bond acceptors (Lipinski definition) is 6. The second-order valence-electron chi connectivity index (χ2n) is 4.61. The first-order chi connectivity index (χ1) is 10.1. The first-order valence-corrected chi connectivity index (χ1v) is 7.75. The van der Waals surface area contributed by atoms with E-state index in [0.29, 0.717) is 18.2 Å². The minimum atomic E-state index is 0.191. The van der Waals surface area contributed by atoms with E-state index >= 15 is 0 Å². The molecule has 21 heavy (non-hydrogen) atoms. The van der Waals surface area contributed by atoms with E-state index in [2.05, 4.69) is 32.5 Å². The van der Waals surface area contributed by atoms with E-state index in [9.17, 15) is 4.79 Å². The third kappa shape index (κ3) is 4.95. The van der Waals surface area contributed by atoms with Gasteiger partial charge in [0.15, 0.2) is 0 Å². The van der Waals surface area contributed by atoms with Gasteiger partial charge in [-0.2, -0.15) is 15.0 Å². The number of amides is 1. The van der Waals surface area contributed by atoms with Gasteiger partial charge in [0.05, 0.1) is 5.02 Å². The van der Waals surface area contributed by atoms with Crippen molar-refractivity contribution < 1.29 is 4.79 Å². The molecule has 0 spiro atoms. The van der Waals surface area contributed by atoms with Crippen LogP contribution in [-0.4, -0.2) is 27.4 Å². The molecule has 0 aliphatic rings. The maximum absolute atomic E-state index is 10.4. The van der Waals surface area contributed by atoms with E-state index in [1.165, 1.54) is 4.88 Å². The van der Waals surface area contributed by atoms with Crippen LogP contribution in [0.5, 0.6) is 0 Å². The molecule has 0 aliphatic heterocycles. The van der Waals surface area contributed by atoms with Crippen LogP contribution in [0.25, 0.3) is 0 Å². The van der Waals surface area contributed by atoms with Crippen molar-refractivity contribution in [3.8, 4) is 0 Å². The van der Waals surface area contributed by atoms with Crippen molar-refractivity contribution >= 4 is 41.2 Å². The van der Waals surface area contributed by atoms with Crippen LogP contribution in [-0.2, 0) is 11.2 Å². The smallest absolute Gasteiger partial charge is 0.234 e. The molecule has 112 valence electrons. The van der Waals surface area contributed by atoms with Crippen molar-refractivity contribution in [1.29, 1.82) is 0 Å². The number of carbonyl (C=O) groups is 1. The molecule has 2 aromatic heterocycles. The Hall–Kier alpha value is -1.73. The molecule has 0 saturated heterocycles. The van der Waals surface area contributed by atoms with Gasteiger partial charge in [0.2, 0.25) is 18.3 Å². The molecule has 1 unspecified atom stereocenters. The Morgan fingerprint density at radius 2 is 2.14 bits per heavy atom. The molecule has 0 fully saturated rings. The number of nitrogens with one attached hydrogen (secondary N) is 2. The van der Waals surface area contributed by atoms with Crippen LogP contribution in [0.3, 0.4) is 0 Å². The molecular weight excluding hydrogens is 310 g/mol. The van der Waals surface area contributed by atoms with Crippen LogP contribution in [0.2, 0.25) is 5.02 Å². The van der Waals surface area contributed by atoms with Gasteiger partial charge in [-0.3, -0.25) is 10.1 Å². The zero-order valence-electron chi connectivity index (χ0n) is 11.8. The maximum atomic E-state index is 10.4. The van der Waals surface area contributed by atoms with Gasteiger partial charge in [-0.05, 0) is 32.8 Å². The lowest BCUT2D eigenvalue weighted by Crippen LogP contribution is -2.19. The topological polar surface area (TPSA) is 79.8 Å². The van der Waals surface area contributed by atoms with Crippen LogP contribution in [0.1, 0.15) is 24.0 Å². The molecule has 2 rings (SSSR count). The maximum Gasteiger partial charge on any atom is 0.234 e. The van der Waals surface area contributed by atoms with E-state index in [0.717, 1.165) is 17.9 Å². The SMILES string of the molecule is Cc1nc(NC=O)nc(NC(C)CCc2cc(Cl)cs2)n1. The van der Waals surface area contributed by atoms with Gasteiger partial charge in [-0.1, -0.05) is 11.6 Å². The fourth-order valence-corrected chi connectivity index (χ4v) is 2.89. The Bertz CT molecular complexity index is 618. The average molecular weight is 326 g/mol. The number of rotatable bonds is 7.